The van der Waals surface area contributed by atoms with Crippen LogP contribution in [-0.2, 0) is 38.8 Å². The third-order valence-corrected chi connectivity index (χ3v) is 10.4. The maximum atomic E-state index is 15.1. The molecule has 0 heterocycles. The predicted octanol–water partition coefficient (Wildman–Crippen LogP) is 7.05. The number of hydrogen-bond donors (Lipinski definition) is 1. The van der Waals surface area contributed by atoms with Crippen LogP contribution in [0.4, 0.5) is 23.2 Å². The summed E-state index contributed by atoms with van der Waals surface area (Å²) in [5.74, 6) is -2.04. The van der Waals surface area contributed by atoms with Crippen molar-refractivity contribution in [2.24, 2.45) is 0 Å². The number of hydrogen-bond acceptors (Lipinski definition) is 4. The highest BCUT2D eigenvalue weighted by Gasteiger charge is 2.37. The Morgan fingerprint density at radius 3 is 2.18 bits per heavy atom. The van der Waals surface area contributed by atoms with Crippen molar-refractivity contribution < 1.29 is 35.6 Å². The van der Waals surface area contributed by atoms with E-state index in [2.05, 4.69) is 5.32 Å². The zero-order chi connectivity index (χ0) is 35.2. The molecule has 0 radical (unpaired) electrons. The minimum Gasteiger partial charge on any atom is -0.352 e. The molecule has 0 saturated heterocycles. The van der Waals surface area contributed by atoms with Gasteiger partial charge in [0.2, 0.25) is 11.8 Å². The van der Waals surface area contributed by atoms with E-state index in [0.717, 1.165) is 48.3 Å². The predicted molar refractivity (Wildman–Crippen MR) is 178 cm³/mol. The zero-order valence-corrected chi connectivity index (χ0v) is 27.7. The van der Waals surface area contributed by atoms with E-state index in [4.69, 9.17) is 0 Å². The molecule has 0 aliphatic heterocycles. The fourth-order valence-corrected chi connectivity index (χ4v) is 7.34. The van der Waals surface area contributed by atoms with Crippen molar-refractivity contribution in [1.29, 1.82) is 0 Å². The molecule has 1 saturated carbocycles. The molecular weight excluding hydrogens is 658 g/mol. The number of alkyl halides is 3. The van der Waals surface area contributed by atoms with E-state index >= 15 is 4.39 Å². The second-order valence-corrected chi connectivity index (χ2v) is 14.0. The SMILES string of the molecule is Cc1ccc(S(=O)(=O)N(CC(=O)N(Cc2ccccc2F)[C@H](Cc2ccccc2)C(=O)NC2CCCC2)c2cccc(C(F)(F)F)c2)cc1. The van der Waals surface area contributed by atoms with Gasteiger partial charge in [-0.1, -0.05) is 85.1 Å². The van der Waals surface area contributed by atoms with Crippen LogP contribution >= 0.6 is 0 Å². The zero-order valence-electron chi connectivity index (χ0n) is 26.9. The second kappa shape index (κ2) is 15.2. The molecular formula is C37H37F4N3O4S. The largest absolute Gasteiger partial charge is 0.416 e. The molecule has 5 rings (SSSR count). The topological polar surface area (TPSA) is 86.8 Å². The summed E-state index contributed by atoms with van der Waals surface area (Å²) in [5, 5.41) is 3.02. The first kappa shape index (κ1) is 35.6. The van der Waals surface area contributed by atoms with Gasteiger partial charge in [-0.25, -0.2) is 12.8 Å². The number of rotatable bonds is 12. The Balaban J connectivity index is 1.60. The van der Waals surface area contributed by atoms with E-state index in [-0.39, 0.29) is 22.9 Å². The van der Waals surface area contributed by atoms with Crippen LogP contribution in [0.25, 0.3) is 0 Å². The van der Waals surface area contributed by atoms with Crippen LogP contribution in [0, 0.1) is 12.7 Å². The van der Waals surface area contributed by atoms with Gasteiger partial charge >= 0.3 is 6.18 Å². The van der Waals surface area contributed by atoms with Gasteiger partial charge in [-0.3, -0.25) is 13.9 Å². The Morgan fingerprint density at radius 1 is 0.878 bits per heavy atom. The van der Waals surface area contributed by atoms with E-state index in [9.17, 15) is 31.2 Å². The summed E-state index contributed by atoms with van der Waals surface area (Å²) in [6.07, 6.45) is -1.42. The molecule has 4 aromatic rings. The van der Waals surface area contributed by atoms with Gasteiger partial charge in [-0.15, -0.1) is 0 Å². The van der Waals surface area contributed by atoms with Crippen molar-refractivity contribution in [3.8, 4) is 0 Å². The lowest BCUT2D eigenvalue weighted by atomic mass is 10.0. The Kier molecular flexibility index (Phi) is 11.1. The first-order valence-electron chi connectivity index (χ1n) is 16.0. The first-order valence-corrected chi connectivity index (χ1v) is 17.4. The maximum Gasteiger partial charge on any atom is 0.416 e. The molecule has 1 atom stereocenters. The van der Waals surface area contributed by atoms with Gasteiger partial charge in [0.05, 0.1) is 16.1 Å². The van der Waals surface area contributed by atoms with E-state index in [1.165, 1.54) is 48.5 Å². The number of sulfonamides is 1. The van der Waals surface area contributed by atoms with Crippen molar-refractivity contribution in [2.45, 2.75) is 68.7 Å². The number of nitrogens with one attached hydrogen (secondary N) is 1. The van der Waals surface area contributed by atoms with E-state index in [0.29, 0.717) is 15.9 Å². The van der Waals surface area contributed by atoms with E-state index < -0.39 is 64.2 Å². The van der Waals surface area contributed by atoms with Crippen LogP contribution in [0.3, 0.4) is 0 Å². The van der Waals surface area contributed by atoms with Gasteiger partial charge in [0.15, 0.2) is 0 Å². The third kappa shape index (κ3) is 8.86. The highest BCUT2D eigenvalue weighted by atomic mass is 32.2. The molecule has 1 fully saturated rings. The molecule has 49 heavy (non-hydrogen) atoms. The molecule has 2 amide bonds. The number of aryl methyl sites for hydroxylation is 1. The summed E-state index contributed by atoms with van der Waals surface area (Å²) < 4.78 is 85.4. The molecule has 0 spiro atoms. The molecule has 4 aromatic carbocycles. The molecule has 0 aromatic heterocycles. The Bertz CT molecular complexity index is 1860. The van der Waals surface area contributed by atoms with Gasteiger partial charge < -0.3 is 10.2 Å². The lowest BCUT2D eigenvalue weighted by Crippen LogP contribution is -2.54. The third-order valence-electron chi connectivity index (χ3n) is 8.62. The molecule has 7 nitrogen and oxygen atoms in total. The van der Waals surface area contributed by atoms with Gasteiger partial charge in [-0.05, 0) is 61.7 Å². The number of halogens is 4. The molecule has 0 bridgehead atoms. The van der Waals surface area contributed by atoms with Gasteiger partial charge in [-0.2, -0.15) is 13.2 Å². The molecule has 1 aliphatic rings. The maximum absolute atomic E-state index is 15.1. The minimum atomic E-state index is -4.80. The summed E-state index contributed by atoms with van der Waals surface area (Å²) in [7, 11) is -4.62. The van der Waals surface area contributed by atoms with Crippen LogP contribution in [0.2, 0.25) is 0 Å². The first-order chi connectivity index (χ1) is 23.3. The number of carbonyl (C=O) groups is 2. The van der Waals surface area contributed by atoms with Gasteiger partial charge in [0.25, 0.3) is 10.0 Å². The fraction of sp³-hybridized carbons (Fsp3) is 0.297. The summed E-state index contributed by atoms with van der Waals surface area (Å²) >= 11 is 0. The quantitative estimate of drug-likeness (QED) is 0.161. The number of anilines is 1. The average molecular weight is 696 g/mol. The van der Waals surface area contributed by atoms with E-state index in [1.54, 1.807) is 43.3 Å². The second-order valence-electron chi connectivity index (χ2n) is 12.2. The monoisotopic (exact) mass is 695 g/mol. The molecule has 1 aliphatic carbocycles. The molecule has 258 valence electrons. The number of benzene rings is 4. The summed E-state index contributed by atoms with van der Waals surface area (Å²) in [5.41, 5.74) is 0.0120. The van der Waals surface area contributed by atoms with Crippen molar-refractivity contribution in [2.75, 3.05) is 10.8 Å². The normalized spacial score (nSPS) is 14.3. The number of nitrogens with zero attached hydrogens (tertiary/aromatic N) is 2. The summed E-state index contributed by atoms with van der Waals surface area (Å²) in [6, 6.07) is 22.6. The van der Waals surface area contributed by atoms with Crippen LogP contribution in [0.1, 0.15) is 47.9 Å². The van der Waals surface area contributed by atoms with Crippen molar-refractivity contribution in [3.63, 3.8) is 0 Å². The Hall–Kier alpha value is -4.71. The summed E-state index contributed by atoms with van der Waals surface area (Å²) in [6.45, 7) is 0.380. The Labute approximate surface area is 283 Å². The molecule has 0 unspecified atom stereocenters. The Morgan fingerprint density at radius 2 is 1.53 bits per heavy atom. The average Bonchev–Trinajstić information content (AvgIpc) is 3.59. The highest BCUT2D eigenvalue weighted by Crippen LogP contribution is 2.33. The minimum absolute atomic E-state index is 0.0217. The van der Waals surface area contributed by atoms with E-state index in [1.807, 2.05) is 0 Å². The lowest BCUT2D eigenvalue weighted by molar-refractivity contribution is -0.140. The fourth-order valence-electron chi connectivity index (χ4n) is 5.94. The number of amides is 2. The smallest absolute Gasteiger partial charge is 0.352 e. The standard InChI is InChI=1S/C37H37F4N3O4S/c1-26-18-20-32(21-19-26)49(47,48)44(31-16-9-13-29(23-31)37(39,40)41)25-35(45)43(24-28-12-5-8-17-33(28)38)34(22-27-10-3-2-4-11-27)36(46)42-30-14-6-7-15-30/h2-5,8-13,16-21,23,30,34H,6-7,14-15,22,24-25H2,1H3,(H,42,46)/t34-/m1/s1. The molecule has 1 N–H and O–H groups in total. The molecule has 12 heteroatoms. The lowest BCUT2D eigenvalue weighted by Gasteiger charge is -2.34. The highest BCUT2D eigenvalue weighted by molar-refractivity contribution is 7.92. The number of carbonyl (C=O) groups excluding carboxylic acids is 2. The van der Waals surface area contributed by atoms with Crippen LogP contribution < -0.4 is 9.62 Å². The van der Waals surface area contributed by atoms with Gasteiger partial charge in [0.1, 0.15) is 18.4 Å². The van der Waals surface area contributed by atoms with Gasteiger partial charge in [0, 0.05) is 24.6 Å². The van der Waals surface area contributed by atoms with Crippen LogP contribution in [0.5, 0.6) is 0 Å². The van der Waals surface area contributed by atoms with Crippen molar-refractivity contribution >= 4 is 27.5 Å². The summed E-state index contributed by atoms with van der Waals surface area (Å²) in [4.78, 5) is 29.4. The van der Waals surface area contributed by atoms with Crippen LogP contribution in [-0.4, -0.2) is 43.8 Å². The van der Waals surface area contributed by atoms with Crippen molar-refractivity contribution in [3.05, 3.63) is 131 Å². The van der Waals surface area contributed by atoms with Crippen LogP contribution in [0.15, 0.2) is 108 Å². The van der Waals surface area contributed by atoms with Crippen molar-refractivity contribution in [1.82, 2.24) is 10.2 Å².